The number of alkyl halides is 6. The Morgan fingerprint density at radius 2 is 1.62 bits per heavy atom. The van der Waals surface area contributed by atoms with Crippen molar-refractivity contribution in [1.29, 1.82) is 0 Å². The van der Waals surface area contributed by atoms with E-state index in [1.54, 1.807) is 0 Å². The van der Waals surface area contributed by atoms with Crippen LogP contribution in [-0.4, -0.2) is 34.0 Å². The van der Waals surface area contributed by atoms with Crippen LogP contribution in [0.5, 0.6) is 0 Å². The summed E-state index contributed by atoms with van der Waals surface area (Å²) in [5.41, 5.74) is -6.32. The number of hydrogen-bond acceptors (Lipinski definition) is 3. The number of rotatable bonds is 3. The molecule has 0 fully saturated rings. The topological polar surface area (TPSA) is 52.8 Å². The lowest BCUT2D eigenvalue weighted by molar-refractivity contribution is -0.365. The van der Waals surface area contributed by atoms with Crippen molar-refractivity contribution in [3.8, 4) is 0 Å². The van der Waals surface area contributed by atoms with Gasteiger partial charge in [-0.1, -0.05) is 28.9 Å². The first kappa shape index (κ1) is 17.6. The average molecular weight is 336 g/mol. The van der Waals surface area contributed by atoms with E-state index >= 15 is 0 Å². The van der Waals surface area contributed by atoms with Gasteiger partial charge in [0.2, 0.25) is 0 Å². The van der Waals surface area contributed by atoms with Crippen molar-refractivity contribution < 1.29 is 36.7 Å². The van der Waals surface area contributed by atoms with Crippen LogP contribution < -0.4 is 0 Å². The third-order valence-corrected chi connectivity index (χ3v) is 2.87. The normalized spacial score (nSPS) is 14.4. The highest BCUT2D eigenvalue weighted by atomic mass is 35.5. The van der Waals surface area contributed by atoms with Gasteiger partial charge in [0.25, 0.3) is 5.60 Å². The Hall–Kier alpha value is -1.48. The molecule has 10 heteroatoms. The molecule has 2 N–H and O–H groups in total. The zero-order chi connectivity index (χ0) is 16.5. The molecule has 1 aromatic rings. The van der Waals surface area contributed by atoms with E-state index in [0.29, 0.717) is 0 Å². The first-order chi connectivity index (χ1) is 9.42. The first-order valence-corrected chi connectivity index (χ1v) is 5.63. The van der Waals surface area contributed by atoms with Gasteiger partial charge in [-0.25, -0.2) is 0 Å². The highest BCUT2D eigenvalue weighted by Crippen LogP contribution is 2.45. The summed E-state index contributed by atoms with van der Waals surface area (Å²) in [6.45, 7) is 0. The van der Waals surface area contributed by atoms with Crippen molar-refractivity contribution in [2.24, 2.45) is 5.16 Å². The van der Waals surface area contributed by atoms with Gasteiger partial charge in [-0.2, -0.15) is 26.3 Å². The van der Waals surface area contributed by atoms with E-state index < -0.39 is 30.1 Å². The molecule has 0 amide bonds. The van der Waals surface area contributed by atoms with Crippen LogP contribution in [0.2, 0.25) is 5.02 Å². The van der Waals surface area contributed by atoms with Crippen molar-refractivity contribution >= 4 is 17.3 Å². The van der Waals surface area contributed by atoms with Gasteiger partial charge in [0.1, 0.15) is 0 Å². The second-order valence-electron chi connectivity index (χ2n) is 4.09. The van der Waals surface area contributed by atoms with Gasteiger partial charge in [-0.3, -0.25) is 0 Å². The Morgan fingerprint density at radius 1 is 1.10 bits per heavy atom. The number of hydrogen-bond donors (Lipinski definition) is 2. The Bertz CT molecular complexity index is 526. The molecule has 0 heterocycles. The van der Waals surface area contributed by atoms with Gasteiger partial charge < -0.3 is 10.3 Å². The molecule has 0 aliphatic carbocycles. The SMILES string of the molecule is ON=C(CC(O)(C(F)(F)F)C(F)(F)F)c1cccc(Cl)c1. The molecule has 1 aromatic carbocycles. The lowest BCUT2D eigenvalue weighted by Gasteiger charge is -2.32. The lowest BCUT2D eigenvalue weighted by atomic mass is 9.92. The molecule has 0 bridgehead atoms. The summed E-state index contributed by atoms with van der Waals surface area (Å²) in [5, 5.41) is 20.1. The second kappa shape index (κ2) is 5.72. The zero-order valence-corrected chi connectivity index (χ0v) is 10.8. The van der Waals surface area contributed by atoms with Crippen LogP contribution in [-0.2, 0) is 0 Å². The van der Waals surface area contributed by atoms with Crippen LogP contribution in [0.3, 0.4) is 0 Å². The van der Waals surface area contributed by atoms with Crippen LogP contribution >= 0.6 is 11.6 Å². The molecule has 0 aliphatic rings. The fourth-order valence-electron chi connectivity index (χ4n) is 1.47. The van der Waals surface area contributed by atoms with Gasteiger partial charge in [0.05, 0.1) is 5.71 Å². The van der Waals surface area contributed by atoms with E-state index in [0.717, 1.165) is 12.1 Å². The number of nitrogens with zero attached hydrogens (tertiary/aromatic N) is 1. The van der Waals surface area contributed by atoms with Crippen LogP contribution in [0.1, 0.15) is 12.0 Å². The predicted molar refractivity (Wildman–Crippen MR) is 61.5 cm³/mol. The highest BCUT2D eigenvalue weighted by Gasteiger charge is 2.70. The standard InChI is InChI=1S/C11H8ClF6NO2/c12-7-3-1-2-6(4-7)8(19-21)5-9(20,10(13,14)15)11(16,17)18/h1-4,20-21H,5H2. The largest absolute Gasteiger partial charge is 0.426 e. The molecule has 0 atom stereocenters. The molecular formula is C11H8ClF6NO2. The van der Waals surface area contributed by atoms with Gasteiger partial charge in [0.15, 0.2) is 0 Å². The molecule has 0 spiro atoms. The lowest BCUT2D eigenvalue weighted by Crippen LogP contribution is -2.58. The van der Waals surface area contributed by atoms with Crippen molar-refractivity contribution in [2.45, 2.75) is 24.4 Å². The molecular weight excluding hydrogens is 328 g/mol. The molecule has 0 radical (unpaired) electrons. The number of aliphatic hydroxyl groups is 1. The summed E-state index contributed by atoms with van der Waals surface area (Å²) in [7, 11) is 0. The molecule has 0 saturated heterocycles. The molecule has 0 aromatic heterocycles. The van der Waals surface area contributed by atoms with E-state index in [1.165, 1.54) is 12.1 Å². The van der Waals surface area contributed by atoms with Crippen molar-refractivity contribution in [3.05, 3.63) is 34.9 Å². The van der Waals surface area contributed by atoms with Gasteiger partial charge in [0, 0.05) is 17.0 Å². The molecule has 118 valence electrons. The maximum atomic E-state index is 12.6. The predicted octanol–water partition coefficient (Wildman–Crippen LogP) is 3.76. The summed E-state index contributed by atoms with van der Waals surface area (Å²) >= 11 is 5.55. The summed E-state index contributed by atoms with van der Waals surface area (Å²) in [5.74, 6) is 0. The number of halogens is 7. The Balaban J connectivity index is 3.26. The van der Waals surface area contributed by atoms with Gasteiger partial charge >= 0.3 is 12.4 Å². The van der Waals surface area contributed by atoms with E-state index in [-0.39, 0.29) is 10.6 Å². The minimum atomic E-state index is -6.00. The fourth-order valence-corrected chi connectivity index (χ4v) is 1.66. The van der Waals surface area contributed by atoms with Crippen LogP contribution in [0, 0.1) is 0 Å². The third-order valence-electron chi connectivity index (χ3n) is 2.64. The van der Waals surface area contributed by atoms with Crippen LogP contribution in [0.25, 0.3) is 0 Å². The molecule has 21 heavy (non-hydrogen) atoms. The van der Waals surface area contributed by atoms with Crippen LogP contribution in [0.4, 0.5) is 26.3 Å². The summed E-state index contributed by atoms with van der Waals surface area (Å²) in [6.07, 6.45) is -14.0. The Morgan fingerprint density at radius 3 is 2.00 bits per heavy atom. The maximum Gasteiger partial charge on any atom is 0.426 e. The quantitative estimate of drug-likeness (QED) is 0.382. The molecule has 1 rings (SSSR count). The van der Waals surface area contributed by atoms with E-state index in [9.17, 15) is 26.3 Å². The monoisotopic (exact) mass is 335 g/mol. The molecule has 3 nitrogen and oxygen atoms in total. The molecule has 0 saturated carbocycles. The minimum absolute atomic E-state index is 0.0104. The number of benzene rings is 1. The smallest absolute Gasteiger partial charge is 0.411 e. The molecule has 0 unspecified atom stereocenters. The number of oxime groups is 1. The van der Waals surface area contributed by atoms with E-state index in [1.807, 2.05) is 0 Å². The summed E-state index contributed by atoms with van der Waals surface area (Å²) in [6, 6.07) is 4.65. The fraction of sp³-hybridized carbons (Fsp3) is 0.364. The molecule has 0 aliphatic heterocycles. The second-order valence-corrected chi connectivity index (χ2v) is 4.53. The highest BCUT2D eigenvalue weighted by molar-refractivity contribution is 6.31. The van der Waals surface area contributed by atoms with Gasteiger partial charge in [-0.05, 0) is 12.1 Å². The van der Waals surface area contributed by atoms with Crippen molar-refractivity contribution in [2.75, 3.05) is 0 Å². The average Bonchev–Trinajstić information content (AvgIpc) is 2.32. The van der Waals surface area contributed by atoms with Crippen LogP contribution in [0.15, 0.2) is 29.4 Å². The maximum absolute atomic E-state index is 12.6. The third kappa shape index (κ3) is 3.59. The van der Waals surface area contributed by atoms with E-state index in [4.69, 9.17) is 21.9 Å². The Kier molecular flexibility index (Phi) is 4.79. The first-order valence-electron chi connectivity index (χ1n) is 5.25. The Labute approximate surface area is 119 Å². The minimum Gasteiger partial charge on any atom is -0.411 e. The summed E-state index contributed by atoms with van der Waals surface area (Å²) < 4.78 is 75.4. The van der Waals surface area contributed by atoms with Gasteiger partial charge in [-0.15, -0.1) is 0 Å². The van der Waals surface area contributed by atoms with Crippen molar-refractivity contribution in [3.63, 3.8) is 0 Å². The zero-order valence-electron chi connectivity index (χ0n) is 10.0. The summed E-state index contributed by atoms with van der Waals surface area (Å²) in [4.78, 5) is 0. The van der Waals surface area contributed by atoms with Crippen molar-refractivity contribution in [1.82, 2.24) is 0 Å². The van der Waals surface area contributed by atoms with E-state index in [2.05, 4.69) is 5.16 Å².